The molecule has 0 heterocycles. The number of anilines is 1. The molecule has 0 bridgehead atoms. The van der Waals surface area contributed by atoms with Crippen molar-refractivity contribution in [2.24, 2.45) is 0 Å². The Hall–Kier alpha value is -1.50. The van der Waals surface area contributed by atoms with Crippen molar-refractivity contribution in [3.05, 3.63) is 29.3 Å². The Bertz CT molecular complexity index is 491. The first-order chi connectivity index (χ1) is 9.15. The summed E-state index contributed by atoms with van der Waals surface area (Å²) >= 11 is 5.14. The van der Waals surface area contributed by atoms with Crippen LogP contribution in [0.3, 0.4) is 0 Å². The van der Waals surface area contributed by atoms with Gasteiger partial charge in [0.25, 0.3) is 0 Å². The van der Waals surface area contributed by atoms with Crippen LogP contribution in [0.2, 0.25) is 0 Å². The van der Waals surface area contributed by atoms with Gasteiger partial charge >= 0.3 is 5.97 Å². The van der Waals surface area contributed by atoms with Gasteiger partial charge in [0.05, 0.1) is 11.5 Å². The number of nitrogens with one attached hydrogen (secondary N) is 2. The summed E-state index contributed by atoms with van der Waals surface area (Å²) in [4.78, 5) is 15.5. The molecule has 1 aliphatic rings. The fraction of sp³-hybridized carbons (Fsp3) is 0.385. The zero-order valence-electron chi connectivity index (χ0n) is 10.4. The van der Waals surface area contributed by atoms with E-state index in [4.69, 9.17) is 22.2 Å². The number of aryl methyl sites for hydroxylation is 2. The predicted octanol–water partition coefficient (Wildman–Crippen LogP) is 1.52. The zero-order chi connectivity index (χ0) is 13.7. The van der Waals surface area contributed by atoms with Crippen molar-refractivity contribution in [3.63, 3.8) is 0 Å². The van der Waals surface area contributed by atoms with Crippen LogP contribution in [0, 0.1) is 0 Å². The Morgan fingerprint density at radius 1 is 1.37 bits per heavy atom. The molecule has 5 nitrogen and oxygen atoms in total. The van der Waals surface area contributed by atoms with E-state index in [1.165, 1.54) is 17.5 Å². The Labute approximate surface area is 116 Å². The van der Waals surface area contributed by atoms with Crippen molar-refractivity contribution in [2.45, 2.75) is 19.3 Å². The standard InChI is InChI=1S/C13H16N2O3S/c16-13(17)8-18-14-7-12(19)15-11-5-4-9-2-1-3-10(9)6-11/h4-6,14H,1-3,7-8H2,(H,15,19)(H,16,17). The minimum Gasteiger partial charge on any atom is -0.479 e. The number of benzene rings is 1. The first kappa shape index (κ1) is 13.9. The highest BCUT2D eigenvalue weighted by atomic mass is 32.1. The summed E-state index contributed by atoms with van der Waals surface area (Å²) < 4.78 is 0. The van der Waals surface area contributed by atoms with Gasteiger partial charge in [-0.05, 0) is 42.5 Å². The Balaban J connectivity index is 1.77. The second-order valence-electron chi connectivity index (χ2n) is 4.39. The third-order valence-electron chi connectivity index (χ3n) is 2.91. The van der Waals surface area contributed by atoms with Gasteiger partial charge in [0.1, 0.15) is 0 Å². The van der Waals surface area contributed by atoms with Crippen LogP contribution in [0.1, 0.15) is 17.5 Å². The normalized spacial score (nSPS) is 13.1. The third kappa shape index (κ3) is 4.27. The minimum atomic E-state index is -1.02. The van der Waals surface area contributed by atoms with Crippen molar-refractivity contribution in [1.82, 2.24) is 5.48 Å². The molecule has 0 aromatic heterocycles. The highest BCUT2D eigenvalue weighted by Crippen LogP contribution is 2.24. The maximum absolute atomic E-state index is 10.2. The van der Waals surface area contributed by atoms with Crippen LogP contribution in [-0.2, 0) is 22.5 Å². The monoisotopic (exact) mass is 280 g/mol. The van der Waals surface area contributed by atoms with Gasteiger partial charge in [0.15, 0.2) is 6.61 Å². The Morgan fingerprint density at radius 2 is 2.16 bits per heavy atom. The van der Waals surface area contributed by atoms with E-state index in [0.717, 1.165) is 18.5 Å². The van der Waals surface area contributed by atoms with Gasteiger partial charge in [0.2, 0.25) is 0 Å². The number of carboxylic acids is 1. The second kappa shape index (κ2) is 6.60. The fourth-order valence-electron chi connectivity index (χ4n) is 2.08. The molecule has 1 aromatic rings. The molecule has 2 rings (SSSR count). The lowest BCUT2D eigenvalue weighted by atomic mass is 10.1. The molecule has 0 atom stereocenters. The molecule has 1 aromatic carbocycles. The molecule has 3 N–H and O–H groups in total. The Morgan fingerprint density at radius 3 is 2.95 bits per heavy atom. The van der Waals surface area contributed by atoms with Crippen LogP contribution in [0.4, 0.5) is 5.69 Å². The average Bonchev–Trinajstić information content (AvgIpc) is 2.82. The molecule has 0 saturated carbocycles. The maximum atomic E-state index is 10.2. The molecular formula is C13H16N2O3S. The van der Waals surface area contributed by atoms with Gasteiger partial charge in [-0.25, -0.2) is 4.79 Å². The van der Waals surface area contributed by atoms with Crippen LogP contribution in [-0.4, -0.2) is 29.2 Å². The van der Waals surface area contributed by atoms with Crippen LogP contribution in [0.15, 0.2) is 18.2 Å². The van der Waals surface area contributed by atoms with E-state index >= 15 is 0 Å². The molecule has 0 spiro atoms. The largest absolute Gasteiger partial charge is 0.479 e. The lowest BCUT2D eigenvalue weighted by molar-refractivity contribution is -0.144. The number of hydroxylamine groups is 1. The summed E-state index contributed by atoms with van der Waals surface area (Å²) in [6.07, 6.45) is 3.50. The van der Waals surface area contributed by atoms with Gasteiger partial charge < -0.3 is 10.4 Å². The van der Waals surface area contributed by atoms with Gasteiger partial charge in [-0.1, -0.05) is 18.3 Å². The molecule has 1 aliphatic carbocycles. The average molecular weight is 280 g/mol. The number of hydrogen-bond donors (Lipinski definition) is 3. The van der Waals surface area contributed by atoms with Crippen LogP contribution in [0.5, 0.6) is 0 Å². The van der Waals surface area contributed by atoms with Crippen molar-refractivity contribution in [2.75, 3.05) is 18.5 Å². The lowest BCUT2D eigenvalue weighted by Gasteiger charge is -2.10. The fourth-order valence-corrected chi connectivity index (χ4v) is 2.26. The first-order valence-electron chi connectivity index (χ1n) is 6.13. The summed E-state index contributed by atoms with van der Waals surface area (Å²) in [5.74, 6) is -1.02. The topological polar surface area (TPSA) is 70.6 Å². The number of thiocarbonyl (C=S) groups is 1. The van der Waals surface area contributed by atoms with E-state index in [1.54, 1.807) is 0 Å². The summed E-state index contributed by atoms with van der Waals surface area (Å²) in [5, 5.41) is 11.5. The maximum Gasteiger partial charge on any atom is 0.331 e. The van der Waals surface area contributed by atoms with Crippen molar-refractivity contribution in [1.29, 1.82) is 0 Å². The first-order valence-corrected chi connectivity index (χ1v) is 6.54. The molecule has 0 fully saturated rings. The molecule has 0 saturated heterocycles. The lowest BCUT2D eigenvalue weighted by Crippen LogP contribution is -2.28. The summed E-state index contributed by atoms with van der Waals surface area (Å²) in [6, 6.07) is 6.25. The second-order valence-corrected chi connectivity index (χ2v) is 4.88. The van der Waals surface area contributed by atoms with Crippen molar-refractivity contribution in [3.8, 4) is 0 Å². The van der Waals surface area contributed by atoms with E-state index in [1.807, 2.05) is 6.07 Å². The number of fused-ring (bicyclic) bond motifs is 1. The smallest absolute Gasteiger partial charge is 0.331 e. The highest BCUT2D eigenvalue weighted by Gasteiger charge is 2.11. The Kier molecular flexibility index (Phi) is 4.84. The third-order valence-corrected chi connectivity index (χ3v) is 3.16. The molecular weight excluding hydrogens is 264 g/mol. The predicted molar refractivity (Wildman–Crippen MR) is 76.3 cm³/mol. The van der Waals surface area contributed by atoms with E-state index in [0.29, 0.717) is 4.99 Å². The van der Waals surface area contributed by atoms with Crippen LogP contribution >= 0.6 is 12.2 Å². The molecule has 0 amide bonds. The molecule has 0 aliphatic heterocycles. The van der Waals surface area contributed by atoms with E-state index in [9.17, 15) is 4.79 Å². The summed E-state index contributed by atoms with van der Waals surface area (Å²) in [5.41, 5.74) is 6.26. The molecule has 6 heteroatoms. The quantitative estimate of drug-likeness (QED) is 0.417. The summed E-state index contributed by atoms with van der Waals surface area (Å²) in [6.45, 7) is -0.110. The number of carboxylic acid groups (broad SMARTS) is 1. The highest BCUT2D eigenvalue weighted by molar-refractivity contribution is 7.80. The molecule has 0 unspecified atom stereocenters. The van der Waals surface area contributed by atoms with E-state index in [2.05, 4.69) is 22.9 Å². The number of hydrogen-bond acceptors (Lipinski definition) is 4. The SMILES string of the molecule is O=C(O)CONCC(=S)Nc1ccc2c(c1)CCC2. The van der Waals surface area contributed by atoms with E-state index in [-0.39, 0.29) is 13.2 Å². The number of aliphatic carboxylic acids is 1. The molecule has 0 radical (unpaired) electrons. The van der Waals surface area contributed by atoms with E-state index < -0.39 is 5.97 Å². The minimum absolute atomic E-state index is 0.277. The number of carbonyl (C=O) groups is 1. The van der Waals surface area contributed by atoms with Crippen LogP contribution in [0.25, 0.3) is 0 Å². The summed E-state index contributed by atoms with van der Waals surface area (Å²) in [7, 11) is 0. The molecule has 102 valence electrons. The van der Waals surface area contributed by atoms with Gasteiger partial charge in [-0.15, -0.1) is 0 Å². The van der Waals surface area contributed by atoms with Crippen LogP contribution < -0.4 is 10.8 Å². The number of rotatable bonds is 6. The van der Waals surface area contributed by atoms with Crippen molar-refractivity contribution >= 4 is 28.9 Å². The van der Waals surface area contributed by atoms with Gasteiger partial charge in [-0.2, -0.15) is 5.48 Å². The van der Waals surface area contributed by atoms with Gasteiger partial charge in [0, 0.05) is 5.69 Å². The zero-order valence-corrected chi connectivity index (χ0v) is 11.3. The van der Waals surface area contributed by atoms with Gasteiger partial charge in [-0.3, -0.25) is 4.84 Å². The molecule has 19 heavy (non-hydrogen) atoms. The van der Waals surface area contributed by atoms with Crippen molar-refractivity contribution < 1.29 is 14.7 Å².